The summed E-state index contributed by atoms with van der Waals surface area (Å²) in [6.45, 7) is 0.196. The van der Waals surface area contributed by atoms with Crippen molar-refractivity contribution in [3.05, 3.63) is 64.7 Å². The van der Waals surface area contributed by atoms with Crippen molar-refractivity contribution in [3.63, 3.8) is 0 Å². The van der Waals surface area contributed by atoms with Crippen molar-refractivity contribution >= 4 is 11.9 Å². The van der Waals surface area contributed by atoms with E-state index in [1.165, 1.54) is 24.0 Å². The van der Waals surface area contributed by atoms with Crippen molar-refractivity contribution in [3.8, 4) is 5.75 Å². The molecule has 2 N–H and O–H groups in total. The van der Waals surface area contributed by atoms with Crippen LogP contribution in [0, 0.1) is 0 Å². The molecule has 5 nitrogen and oxygen atoms in total. The van der Waals surface area contributed by atoms with E-state index in [9.17, 15) is 9.59 Å². The van der Waals surface area contributed by atoms with Crippen LogP contribution in [0.4, 0.5) is 0 Å². The lowest BCUT2D eigenvalue weighted by Gasteiger charge is -2.16. The number of carboxylic acids is 1. The molecule has 0 aliphatic heterocycles. The molecule has 0 fully saturated rings. The third kappa shape index (κ3) is 4.85. The molecule has 0 atom stereocenters. The molecule has 0 spiro atoms. The van der Waals surface area contributed by atoms with Crippen molar-refractivity contribution in [2.75, 3.05) is 13.2 Å². The smallest absolute Gasteiger partial charge is 0.341 e. The number of carbonyl (C=O) groups is 2. The highest BCUT2D eigenvalue weighted by Gasteiger charge is 2.12. The van der Waals surface area contributed by atoms with Gasteiger partial charge in [0.1, 0.15) is 5.75 Å². The summed E-state index contributed by atoms with van der Waals surface area (Å²) in [4.78, 5) is 22.8. The van der Waals surface area contributed by atoms with Gasteiger partial charge in [-0.25, -0.2) is 4.79 Å². The predicted octanol–water partition coefficient (Wildman–Crippen LogP) is 3.00. The van der Waals surface area contributed by atoms with Gasteiger partial charge < -0.3 is 15.2 Å². The average molecular weight is 353 g/mol. The van der Waals surface area contributed by atoms with E-state index < -0.39 is 5.97 Å². The molecule has 2 aromatic carbocycles. The van der Waals surface area contributed by atoms with Crippen molar-refractivity contribution in [1.29, 1.82) is 0 Å². The van der Waals surface area contributed by atoms with Gasteiger partial charge in [-0.05, 0) is 73.1 Å². The molecule has 0 unspecified atom stereocenters. The Balaban J connectivity index is 1.48. The summed E-state index contributed by atoms with van der Waals surface area (Å²) in [6.07, 6.45) is 5.31. The van der Waals surface area contributed by atoms with Gasteiger partial charge in [-0.2, -0.15) is 0 Å². The fourth-order valence-corrected chi connectivity index (χ4v) is 3.19. The highest BCUT2D eigenvalue weighted by molar-refractivity contribution is 5.94. The van der Waals surface area contributed by atoms with Gasteiger partial charge in [0.05, 0.1) is 0 Å². The molecule has 26 heavy (non-hydrogen) atoms. The van der Waals surface area contributed by atoms with Gasteiger partial charge in [-0.1, -0.05) is 18.2 Å². The molecular weight excluding hydrogens is 330 g/mol. The van der Waals surface area contributed by atoms with Crippen molar-refractivity contribution in [2.24, 2.45) is 0 Å². The number of carboxylic acid groups (broad SMARTS) is 1. The Kier molecular flexibility index (Phi) is 5.89. The molecular formula is C21H23NO4. The summed E-state index contributed by atoms with van der Waals surface area (Å²) in [7, 11) is 0. The third-order valence-electron chi connectivity index (χ3n) is 4.60. The van der Waals surface area contributed by atoms with Crippen LogP contribution in [0.15, 0.2) is 42.5 Å². The number of hydrogen-bond acceptors (Lipinski definition) is 3. The maximum absolute atomic E-state index is 12.3. The van der Waals surface area contributed by atoms with Gasteiger partial charge in [-0.3, -0.25) is 4.79 Å². The maximum Gasteiger partial charge on any atom is 0.341 e. The predicted molar refractivity (Wildman–Crippen MR) is 98.7 cm³/mol. The first-order valence-electron chi connectivity index (χ1n) is 8.95. The molecule has 0 saturated carbocycles. The maximum atomic E-state index is 12.3. The minimum atomic E-state index is -1.00. The number of nitrogens with one attached hydrogen (secondary N) is 1. The normalized spacial score (nSPS) is 12.9. The van der Waals surface area contributed by atoms with Crippen LogP contribution in [-0.4, -0.2) is 30.1 Å². The zero-order valence-electron chi connectivity index (χ0n) is 14.7. The van der Waals surface area contributed by atoms with E-state index in [0.29, 0.717) is 18.7 Å². The second kappa shape index (κ2) is 8.52. The van der Waals surface area contributed by atoms with Crippen LogP contribution in [0.2, 0.25) is 0 Å². The summed E-state index contributed by atoms with van der Waals surface area (Å²) < 4.78 is 5.10. The summed E-state index contributed by atoms with van der Waals surface area (Å²) in [5.74, 6) is -0.520. The number of aryl methyl sites for hydroxylation is 2. The molecule has 1 amide bonds. The van der Waals surface area contributed by atoms with Gasteiger partial charge in [0.15, 0.2) is 6.61 Å². The number of ether oxygens (including phenoxy) is 1. The van der Waals surface area contributed by atoms with Crippen molar-refractivity contribution in [2.45, 2.75) is 32.1 Å². The van der Waals surface area contributed by atoms with Crippen molar-refractivity contribution in [1.82, 2.24) is 5.32 Å². The number of amides is 1. The van der Waals surface area contributed by atoms with Gasteiger partial charge in [-0.15, -0.1) is 0 Å². The Morgan fingerprint density at radius 3 is 2.46 bits per heavy atom. The molecule has 0 saturated heterocycles. The van der Waals surface area contributed by atoms with Crippen LogP contribution < -0.4 is 10.1 Å². The molecule has 0 heterocycles. The lowest BCUT2D eigenvalue weighted by atomic mass is 9.90. The van der Waals surface area contributed by atoms with Gasteiger partial charge >= 0.3 is 5.97 Å². The van der Waals surface area contributed by atoms with Crippen LogP contribution in [0.5, 0.6) is 5.75 Å². The minimum Gasteiger partial charge on any atom is -0.482 e. The van der Waals surface area contributed by atoms with E-state index >= 15 is 0 Å². The summed E-state index contributed by atoms with van der Waals surface area (Å²) in [6, 6.07) is 13.3. The second-order valence-electron chi connectivity index (χ2n) is 6.52. The molecule has 0 bridgehead atoms. The zero-order chi connectivity index (χ0) is 18.4. The number of fused-ring (bicyclic) bond motifs is 1. The first-order chi connectivity index (χ1) is 12.6. The zero-order valence-corrected chi connectivity index (χ0v) is 14.7. The first kappa shape index (κ1) is 18.0. The van der Waals surface area contributed by atoms with Crippen LogP contribution >= 0.6 is 0 Å². The van der Waals surface area contributed by atoms with Crippen molar-refractivity contribution < 1.29 is 19.4 Å². The van der Waals surface area contributed by atoms with E-state index in [1.807, 2.05) is 24.3 Å². The van der Waals surface area contributed by atoms with E-state index in [-0.39, 0.29) is 12.5 Å². The molecule has 2 aromatic rings. The van der Waals surface area contributed by atoms with Crippen LogP contribution in [0.3, 0.4) is 0 Å². The molecule has 1 aliphatic rings. The number of carbonyl (C=O) groups excluding carboxylic acids is 1. The summed E-state index contributed by atoms with van der Waals surface area (Å²) >= 11 is 0. The average Bonchev–Trinajstić information content (AvgIpc) is 2.67. The molecule has 0 radical (unpaired) electrons. The highest BCUT2D eigenvalue weighted by atomic mass is 16.5. The summed E-state index contributed by atoms with van der Waals surface area (Å²) in [5.41, 5.74) is 4.46. The topological polar surface area (TPSA) is 75.6 Å². The molecule has 1 aliphatic carbocycles. The Morgan fingerprint density at radius 1 is 1.00 bits per heavy atom. The standard InChI is InChI=1S/C21H23NO4/c23-20(24)14-26-19-9-5-15(6-10-19)11-12-22-21(25)18-8-7-16-3-1-2-4-17(16)13-18/h5-10,13H,1-4,11-12,14H2,(H,22,25)(H,23,24). The molecule has 136 valence electrons. The van der Waals surface area contributed by atoms with E-state index in [4.69, 9.17) is 9.84 Å². The molecule has 5 heteroatoms. The Labute approximate surface area is 153 Å². The number of rotatable bonds is 7. The fraction of sp³-hybridized carbons (Fsp3) is 0.333. The number of benzene rings is 2. The van der Waals surface area contributed by atoms with E-state index in [2.05, 4.69) is 11.4 Å². The van der Waals surface area contributed by atoms with Gasteiger partial charge in [0.25, 0.3) is 5.91 Å². The van der Waals surface area contributed by atoms with Gasteiger partial charge in [0.2, 0.25) is 0 Å². The Hall–Kier alpha value is -2.82. The summed E-state index contributed by atoms with van der Waals surface area (Å²) in [5, 5.41) is 11.6. The lowest BCUT2D eigenvalue weighted by Crippen LogP contribution is -2.26. The van der Waals surface area contributed by atoms with Crippen LogP contribution in [-0.2, 0) is 24.1 Å². The Morgan fingerprint density at radius 2 is 1.73 bits per heavy atom. The number of aliphatic carboxylic acids is 1. The van der Waals surface area contributed by atoms with Crippen LogP contribution in [0.25, 0.3) is 0 Å². The van der Waals surface area contributed by atoms with Gasteiger partial charge in [0, 0.05) is 12.1 Å². The second-order valence-corrected chi connectivity index (χ2v) is 6.52. The number of hydrogen-bond donors (Lipinski definition) is 2. The quantitative estimate of drug-likeness (QED) is 0.802. The first-order valence-corrected chi connectivity index (χ1v) is 8.95. The molecule has 3 rings (SSSR count). The highest BCUT2D eigenvalue weighted by Crippen LogP contribution is 2.22. The Bertz CT molecular complexity index is 783. The monoisotopic (exact) mass is 353 g/mol. The largest absolute Gasteiger partial charge is 0.482 e. The lowest BCUT2D eigenvalue weighted by molar-refractivity contribution is -0.139. The fourth-order valence-electron chi connectivity index (χ4n) is 3.19. The van der Waals surface area contributed by atoms with E-state index in [0.717, 1.165) is 24.0 Å². The third-order valence-corrected chi connectivity index (χ3v) is 4.60. The van der Waals surface area contributed by atoms with E-state index in [1.54, 1.807) is 12.1 Å². The molecule has 0 aromatic heterocycles. The van der Waals surface area contributed by atoms with Crippen LogP contribution in [0.1, 0.15) is 39.9 Å². The SMILES string of the molecule is O=C(O)COc1ccc(CCNC(=O)c2ccc3c(c2)CCCC3)cc1. The minimum absolute atomic E-state index is 0.0419.